The number of benzene rings is 4. The summed E-state index contributed by atoms with van der Waals surface area (Å²) < 4.78 is 29.8. The molecule has 4 amide bonds. The van der Waals surface area contributed by atoms with E-state index in [4.69, 9.17) is 26.1 Å². The molecule has 85 heavy (non-hydrogen) atoms. The zero-order valence-corrected chi connectivity index (χ0v) is 50.8. The average molecular weight is 1200 g/mol. The molecule has 0 aliphatic carbocycles. The molecular formula is C63H77ClFN11O8S. The fourth-order valence-corrected chi connectivity index (χ4v) is 13.1. The van der Waals surface area contributed by atoms with E-state index in [1.54, 1.807) is 28.4 Å². The topological polar surface area (TPSA) is 209 Å². The van der Waals surface area contributed by atoms with Gasteiger partial charge in [0.2, 0.25) is 23.6 Å². The number of ether oxygens (including phenoxy) is 2. The number of hydrogen-bond donors (Lipinski definition) is 4. The summed E-state index contributed by atoms with van der Waals surface area (Å²) in [5.41, 5.74) is 4.62. The molecule has 0 spiro atoms. The third-order valence-electron chi connectivity index (χ3n) is 16.6. The standard InChI is InChI=1S/C63H77ClFN11O8S/c1-8-53(80)74-23-25-75(26-24-74)59-49-31-50(64)54(48-29-44(77)28-43-12-9-10-13-47(43)48)55(65)56(49)69-62(70-59)84-38(2)32-72-21-19-71(20-22-72)18-11-27-83-46-34-73(35-46)36-52(79)68-58(63(5,6)7)61(82)76-33-45(78)30-51(76)60(81)67-39(3)41-14-16-42(17-15-41)57-40(4)66-37-85-57/h8-10,12-17,28-29,31,37-39,45-46,51,58,77-78H,1,11,18-27,30,32-36H2,2-7H3,(H,67,81)(H,68,79)/t38-,39+,45-,51+,58-/m1/s1. The van der Waals surface area contributed by atoms with E-state index in [9.17, 15) is 29.4 Å². The number of nitrogens with one attached hydrogen (secondary N) is 2. The Labute approximate surface area is 504 Å². The number of piperazine rings is 2. The lowest BCUT2D eigenvalue weighted by atomic mass is 9.85. The van der Waals surface area contributed by atoms with Gasteiger partial charge in [0.15, 0.2) is 5.82 Å². The van der Waals surface area contributed by atoms with Crippen molar-refractivity contribution in [1.82, 2.24) is 50.1 Å². The number of halogens is 2. The summed E-state index contributed by atoms with van der Waals surface area (Å²) in [6.45, 7) is 23.5. The van der Waals surface area contributed by atoms with E-state index < -0.39 is 35.3 Å². The van der Waals surface area contributed by atoms with Crippen LogP contribution in [-0.4, -0.2) is 202 Å². The summed E-state index contributed by atoms with van der Waals surface area (Å²) >= 11 is 8.52. The first-order valence-electron chi connectivity index (χ1n) is 29.3. The fourth-order valence-electron chi connectivity index (χ4n) is 12.0. The van der Waals surface area contributed by atoms with Crippen LogP contribution in [0.3, 0.4) is 0 Å². The highest BCUT2D eigenvalue weighted by Crippen LogP contribution is 2.43. The van der Waals surface area contributed by atoms with Crippen molar-refractivity contribution in [3.8, 4) is 33.3 Å². The molecular weight excluding hydrogens is 1130 g/mol. The Bertz CT molecular complexity index is 3420. The number of aromatic hydroxyl groups is 1. The van der Waals surface area contributed by atoms with Crippen LogP contribution in [0.1, 0.15) is 64.8 Å². The highest BCUT2D eigenvalue weighted by molar-refractivity contribution is 7.13. The number of fused-ring (bicyclic) bond motifs is 2. The van der Waals surface area contributed by atoms with Crippen molar-refractivity contribution in [2.45, 2.75) is 90.8 Å². The molecule has 4 saturated heterocycles. The van der Waals surface area contributed by atoms with Crippen molar-refractivity contribution in [1.29, 1.82) is 0 Å². The average Bonchev–Trinajstić information content (AvgIpc) is 4.10. The van der Waals surface area contributed by atoms with Gasteiger partial charge in [-0.25, -0.2) is 9.37 Å². The number of β-amino-alcohol motifs (C(OH)–C–C–N with tert-alkyl or cyclic N) is 1. The Morgan fingerprint density at radius 3 is 2.32 bits per heavy atom. The van der Waals surface area contributed by atoms with Gasteiger partial charge in [-0.2, -0.15) is 9.97 Å². The van der Waals surface area contributed by atoms with Gasteiger partial charge in [-0.15, -0.1) is 11.3 Å². The van der Waals surface area contributed by atoms with E-state index in [0.717, 1.165) is 71.6 Å². The van der Waals surface area contributed by atoms with Gasteiger partial charge < -0.3 is 49.9 Å². The van der Waals surface area contributed by atoms with E-state index >= 15 is 4.39 Å². The van der Waals surface area contributed by atoms with Crippen LogP contribution >= 0.6 is 22.9 Å². The van der Waals surface area contributed by atoms with Gasteiger partial charge in [0.1, 0.15) is 35.3 Å². The zero-order chi connectivity index (χ0) is 60.3. The number of carbonyl (C=O) groups excluding carboxylic acids is 4. The molecule has 4 aliphatic heterocycles. The van der Waals surface area contributed by atoms with E-state index in [1.165, 1.54) is 17.0 Å². The fraction of sp³-hybridized carbons (Fsp3) is 0.476. The monoisotopic (exact) mass is 1200 g/mol. The van der Waals surface area contributed by atoms with Crippen molar-refractivity contribution in [2.75, 3.05) is 103 Å². The van der Waals surface area contributed by atoms with Gasteiger partial charge in [0.25, 0.3) is 0 Å². The SMILES string of the molecule is C=CC(=O)N1CCN(c2nc(O[C@H](C)CN3CCN(CCCOC4CN(CC(=O)N[C@H](C(=O)N5C[C@H](O)C[C@H]5C(=O)N[C@@H](C)c5ccc(-c6scnc6C)cc5)C(C)(C)C)C4)CC3)nc3c(F)c(-c4cc(O)cc5ccccc45)c(Cl)cc23)CC1. The van der Waals surface area contributed by atoms with Crippen molar-refractivity contribution in [2.24, 2.45) is 5.41 Å². The molecule has 0 saturated carbocycles. The lowest BCUT2D eigenvalue weighted by molar-refractivity contribution is -0.144. The normalized spacial score (nSPS) is 19.4. The largest absolute Gasteiger partial charge is 0.508 e. The molecule has 22 heteroatoms. The number of amides is 4. The molecule has 4 N–H and O–H groups in total. The molecule has 6 aromatic rings. The van der Waals surface area contributed by atoms with Gasteiger partial charge in [0, 0.05) is 109 Å². The maximum absolute atomic E-state index is 17.2. The van der Waals surface area contributed by atoms with Gasteiger partial charge >= 0.3 is 6.01 Å². The molecule has 452 valence electrons. The molecule has 4 aliphatic rings. The molecule has 5 atom stereocenters. The summed E-state index contributed by atoms with van der Waals surface area (Å²) in [4.78, 5) is 80.9. The van der Waals surface area contributed by atoms with Crippen LogP contribution in [0, 0.1) is 18.2 Å². The van der Waals surface area contributed by atoms with Crippen molar-refractivity contribution >= 4 is 74.1 Å². The highest BCUT2D eigenvalue weighted by Gasteiger charge is 2.45. The molecule has 0 unspecified atom stereocenters. The van der Waals surface area contributed by atoms with Gasteiger partial charge in [-0.1, -0.05) is 87.5 Å². The third-order valence-corrected chi connectivity index (χ3v) is 17.9. The number of phenolic OH excluding ortho intramolecular Hbond substituents is 1. The zero-order valence-electron chi connectivity index (χ0n) is 49.2. The Kier molecular flexibility index (Phi) is 19.0. The van der Waals surface area contributed by atoms with Crippen LogP contribution in [0.4, 0.5) is 10.2 Å². The van der Waals surface area contributed by atoms with E-state index in [-0.39, 0.29) is 83.3 Å². The van der Waals surface area contributed by atoms with Crippen LogP contribution < -0.4 is 20.3 Å². The third kappa shape index (κ3) is 14.2. The number of hydrogen-bond acceptors (Lipinski definition) is 16. The van der Waals surface area contributed by atoms with Crippen LogP contribution in [0.2, 0.25) is 5.02 Å². The number of aromatic nitrogens is 3. The number of aliphatic hydroxyl groups excluding tert-OH is 1. The second-order valence-corrected chi connectivity index (χ2v) is 25.3. The van der Waals surface area contributed by atoms with E-state index in [2.05, 4.69) is 37.0 Å². The van der Waals surface area contributed by atoms with Crippen molar-refractivity contribution in [3.05, 3.63) is 107 Å². The maximum Gasteiger partial charge on any atom is 0.319 e. The van der Waals surface area contributed by atoms with Crippen LogP contribution in [0.15, 0.2) is 84.9 Å². The Balaban J connectivity index is 0.668. The number of phenols is 1. The minimum atomic E-state index is -0.925. The van der Waals surface area contributed by atoms with Crippen LogP contribution in [-0.2, 0) is 23.9 Å². The van der Waals surface area contributed by atoms with E-state index in [1.807, 2.05) is 105 Å². The predicted molar refractivity (Wildman–Crippen MR) is 328 cm³/mol. The predicted octanol–water partition coefficient (Wildman–Crippen LogP) is 7.06. The van der Waals surface area contributed by atoms with Crippen molar-refractivity contribution < 1.29 is 43.3 Å². The molecule has 4 aromatic carbocycles. The molecule has 2 aromatic heterocycles. The smallest absolute Gasteiger partial charge is 0.319 e. The number of anilines is 1. The molecule has 19 nitrogen and oxygen atoms in total. The summed E-state index contributed by atoms with van der Waals surface area (Å²) in [5, 5.41) is 29.5. The number of thiazole rings is 1. The Morgan fingerprint density at radius 2 is 1.62 bits per heavy atom. The first-order chi connectivity index (χ1) is 40.7. The summed E-state index contributed by atoms with van der Waals surface area (Å²) in [6, 6.07) is 18.0. The van der Waals surface area contributed by atoms with Gasteiger partial charge in [-0.3, -0.25) is 29.0 Å². The number of aryl methyl sites for hydroxylation is 1. The minimum Gasteiger partial charge on any atom is -0.508 e. The minimum absolute atomic E-state index is 0.00438. The first-order valence-corrected chi connectivity index (χ1v) is 30.6. The second kappa shape index (κ2) is 26.4. The van der Waals surface area contributed by atoms with Gasteiger partial charge in [-0.05, 0) is 84.3 Å². The lowest BCUT2D eigenvalue weighted by Crippen LogP contribution is -2.60. The quantitative estimate of drug-likeness (QED) is 0.0446. The summed E-state index contributed by atoms with van der Waals surface area (Å²) in [7, 11) is 0. The summed E-state index contributed by atoms with van der Waals surface area (Å²) in [6.07, 6.45) is 1.02. The number of likely N-dealkylation sites (tertiary alicyclic amines) is 2. The Morgan fingerprint density at radius 1 is 0.906 bits per heavy atom. The Hall–Kier alpha value is -6.85. The molecule has 0 bridgehead atoms. The number of rotatable bonds is 20. The van der Waals surface area contributed by atoms with Crippen LogP contribution in [0.25, 0.3) is 43.2 Å². The molecule has 10 rings (SSSR count). The van der Waals surface area contributed by atoms with Crippen molar-refractivity contribution in [3.63, 3.8) is 0 Å². The first kappa shape index (κ1) is 61.2. The van der Waals surface area contributed by atoms with E-state index in [0.29, 0.717) is 69.2 Å². The number of nitrogens with zero attached hydrogens (tertiary/aromatic N) is 9. The van der Waals surface area contributed by atoms with Crippen LogP contribution in [0.5, 0.6) is 11.8 Å². The van der Waals surface area contributed by atoms with Gasteiger partial charge in [0.05, 0.1) is 45.9 Å². The highest BCUT2D eigenvalue weighted by atomic mass is 35.5. The maximum atomic E-state index is 17.2. The molecule has 4 fully saturated rings. The number of carbonyl (C=O) groups is 4. The second-order valence-electron chi connectivity index (χ2n) is 24.0. The lowest BCUT2D eigenvalue weighted by Gasteiger charge is -2.40. The summed E-state index contributed by atoms with van der Waals surface area (Å²) in [5.74, 6) is -1.45. The molecule has 6 heterocycles. The number of aliphatic hydroxyl groups is 1. The molecule has 0 radical (unpaired) electrons.